The van der Waals surface area contributed by atoms with Gasteiger partial charge in [0.05, 0.1) is 28.8 Å². The number of hydrogen-bond donors (Lipinski definition) is 3. The van der Waals surface area contributed by atoms with Crippen molar-refractivity contribution in [2.24, 2.45) is 5.41 Å². The summed E-state index contributed by atoms with van der Waals surface area (Å²) in [7, 11) is 1.72. The molecular formula is C25H31ClFN5O. The maximum atomic E-state index is 14.4. The number of methoxy groups -OCH3 is 1. The molecule has 0 bridgehead atoms. The third kappa shape index (κ3) is 6.14. The molecule has 6 nitrogen and oxygen atoms in total. The van der Waals surface area contributed by atoms with Crippen LogP contribution in [0.1, 0.15) is 38.5 Å². The molecular weight excluding hydrogens is 441 g/mol. The second-order valence-corrected chi connectivity index (χ2v) is 9.54. The summed E-state index contributed by atoms with van der Waals surface area (Å²) in [6.07, 6.45) is 7.70. The predicted molar refractivity (Wildman–Crippen MR) is 130 cm³/mol. The molecule has 2 aliphatic carbocycles. The molecule has 8 heteroatoms. The number of rotatable bonds is 10. The van der Waals surface area contributed by atoms with Gasteiger partial charge in [0.1, 0.15) is 11.6 Å². The SMILES string of the molecule is COCCNC1CCC(Nc2cc(-c3ccc(F)c(NCC4(C#N)CC4)c3)c(Cl)cn2)CC1. The molecule has 0 atom stereocenters. The molecule has 176 valence electrons. The lowest BCUT2D eigenvalue weighted by Gasteiger charge is -2.30. The molecule has 0 spiro atoms. The summed E-state index contributed by atoms with van der Waals surface area (Å²) in [6, 6.07) is 10.1. The molecule has 0 radical (unpaired) electrons. The summed E-state index contributed by atoms with van der Waals surface area (Å²) in [5.74, 6) is 0.428. The van der Waals surface area contributed by atoms with Gasteiger partial charge in [0, 0.05) is 44.0 Å². The molecule has 1 aromatic carbocycles. The monoisotopic (exact) mass is 471 g/mol. The van der Waals surface area contributed by atoms with E-state index in [1.165, 1.54) is 6.07 Å². The third-order valence-electron chi connectivity index (χ3n) is 6.66. The summed E-state index contributed by atoms with van der Waals surface area (Å²) in [5.41, 5.74) is 1.64. The number of hydrogen-bond acceptors (Lipinski definition) is 6. The van der Waals surface area contributed by atoms with E-state index in [1.807, 2.05) is 6.07 Å². The molecule has 2 aromatic rings. The van der Waals surface area contributed by atoms with Crippen LogP contribution in [-0.4, -0.2) is 43.9 Å². The zero-order valence-electron chi connectivity index (χ0n) is 19.0. The number of nitrogens with zero attached hydrogens (tertiary/aromatic N) is 2. The molecule has 4 rings (SSSR count). The van der Waals surface area contributed by atoms with Crippen molar-refractivity contribution in [3.8, 4) is 17.2 Å². The summed E-state index contributed by atoms with van der Waals surface area (Å²) in [6.45, 7) is 2.06. The first-order chi connectivity index (χ1) is 16.0. The van der Waals surface area contributed by atoms with Gasteiger partial charge >= 0.3 is 0 Å². The van der Waals surface area contributed by atoms with E-state index in [9.17, 15) is 9.65 Å². The highest BCUT2D eigenvalue weighted by atomic mass is 35.5. The van der Waals surface area contributed by atoms with Crippen LogP contribution in [0.15, 0.2) is 30.5 Å². The Morgan fingerprint density at radius 3 is 2.67 bits per heavy atom. The number of benzene rings is 1. The highest BCUT2D eigenvalue weighted by Gasteiger charge is 2.43. The molecule has 2 saturated carbocycles. The lowest BCUT2D eigenvalue weighted by atomic mass is 9.91. The number of nitriles is 1. The van der Waals surface area contributed by atoms with Gasteiger partial charge < -0.3 is 20.7 Å². The minimum Gasteiger partial charge on any atom is -0.383 e. The quantitative estimate of drug-likeness (QED) is 0.412. The average Bonchev–Trinajstić information content (AvgIpc) is 3.62. The van der Waals surface area contributed by atoms with Gasteiger partial charge in [-0.2, -0.15) is 5.26 Å². The normalized spacial score (nSPS) is 21.3. The van der Waals surface area contributed by atoms with Crippen LogP contribution in [0.3, 0.4) is 0 Å². The number of ether oxygens (including phenoxy) is 1. The summed E-state index contributed by atoms with van der Waals surface area (Å²) in [5, 5.41) is 20.0. The van der Waals surface area contributed by atoms with Gasteiger partial charge in [-0.05, 0) is 62.3 Å². The molecule has 0 unspecified atom stereocenters. The van der Waals surface area contributed by atoms with Crippen LogP contribution in [0, 0.1) is 22.6 Å². The lowest BCUT2D eigenvalue weighted by Crippen LogP contribution is -2.38. The van der Waals surface area contributed by atoms with Crippen LogP contribution in [-0.2, 0) is 4.74 Å². The van der Waals surface area contributed by atoms with Crippen LogP contribution in [0.25, 0.3) is 11.1 Å². The second-order valence-electron chi connectivity index (χ2n) is 9.13. The number of anilines is 2. The van der Waals surface area contributed by atoms with Crippen molar-refractivity contribution in [1.29, 1.82) is 5.26 Å². The Labute approximate surface area is 199 Å². The number of pyridine rings is 1. The Kier molecular flexibility index (Phi) is 7.69. The number of nitrogens with one attached hydrogen (secondary N) is 3. The highest BCUT2D eigenvalue weighted by molar-refractivity contribution is 6.33. The van der Waals surface area contributed by atoms with Crippen molar-refractivity contribution >= 4 is 23.1 Å². The minimum absolute atomic E-state index is 0.341. The molecule has 1 aromatic heterocycles. The van der Waals surface area contributed by atoms with Gasteiger partial charge in [-0.15, -0.1) is 0 Å². The van der Waals surface area contributed by atoms with Gasteiger partial charge in [0.2, 0.25) is 0 Å². The van der Waals surface area contributed by atoms with Crippen LogP contribution < -0.4 is 16.0 Å². The van der Waals surface area contributed by atoms with Crippen molar-refractivity contribution in [3.63, 3.8) is 0 Å². The topological polar surface area (TPSA) is 82.0 Å². The van der Waals surface area contributed by atoms with E-state index in [0.717, 1.165) is 68.6 Å². The first-order valence-electron chi connectivity index (χ1n) is 11.6. The molecule has 0 aliphatic heterocycles. The van der Waals surface area contributed by atoms with E-state index in [1.54, 1.807) is 25.4 Å². The Hall–Kier alpha value is -2.40. The summed E-state index contributed by atoms with van der Waals surface area (Å²) in [4.78, 5) is 4.47. The van der Waals surface area contributed by atoms with E-state index in [4.69, 9.17) is 16.3 Å². The van der Waals surface area contributed by atoms with Crippen LogP contribution in [0.5, 0.6) is 0 Å². The fraction of sp³-hybridized carbons (Fsp3) is 0.520. The Morgan fingerprint density at radius 1 is 1.21 bits per heavy atom. The van der Waals surface area contributed by atoms with Crippen molar-refractivity contribution in [1.82, 2.24) is 10.3 Å². The average molecular weight is 472 g/mol. The summed E-state index contributed by atoms with van der Waals surface area (Å²) < 4.78 is 19.5. The maximum Gasteiger partial charge on any atom is 0.146 e. The van der Waals surface area contributed by atoms with Gasteiger partial charge in [-0.1, -0.05) is 17.7 Å². The molecule has 1 heterocycles. The van der Waals surface area contributed by atoms with E-state index >= 15 is 0 Å². The zero-order chi connectivity index (χ0) is 23.3. The van der Waals surface area contributed by atoms with Crippen molar-refractivity contribution in [3.05, 3.63) is 41.3 Å². The van der Waals surface area contributed by atoms with Gasteiger partial charge in [0.25, 0.3) is 0 Å². The second kappa shape index (κ2) is 10.7. The Balaban J connectivity index is 1.40. The van der Waals surface area contributed by atoms with E-state index in [-0.39, 0.29) is 11.2 Å². The third-order valence-corrected chi connectivity index (χ3v) is 6.96. The minimum atomic E-state index is -0.355. The van der Waals surface area contributed by atoms with Crippen LogP contribution in [0.2, 0.25) is 5.02 Å². The molecule has 33 heavy (non-hydrogen) atoms. The van der Waals surface area contributed by atoms with Gasteiger partial charge in [-0.25, -0.2) is 9.37 Å². The molecule has 0 saturated heterocycles. The lowest BCUT2D eigenvalue weighted by molar-refractivity contribution is 0.191. The zero-order valence-corrected chi connectivity index (χ0v) is 19.7. The largest absolute Gasteiger partial charge is 0.383 e. The number of halogens is 2. The molecule has 2 aliphatic rings. The first-order valence-corrected chi connectivity index (χ1v) is 12.0. The molecule has 0 amide bonds. The van der Waals surface area contributed by atoms with Crippen LogP contribution in [0.4, 0.5) is 15.9 Å². The fourth-order valence-electron chi connectivity index (χ4n) is 4.33. The number of aromatic nitrogens is 1. The van der Waals surface area contributed by atoms with Crippen molar-refractivity contribution in [2.45, 2.75) is 50.6 Å². The van der Waals surface area contributed by atoms with E-state index < -0.39 is 0 Å². The molecule has 3 N–H and O–H groups in total. The predicted octanol–water partition coefficient (Wildman–Crippen LogP) is 5.22. The van der Waals surface area contributed by atoms with Crippen molar-refractivity contribution in [2.75, 3.05) is 37.4 Å². The maximum absolute atomic E-state index is 14.4. The Bertz CT molecular complexity index is 999. The fourth-order valence-corrected chi connectivity index (χ4v) is 4.54. The summed E-state index contributed by atoms with van der Waals surface area (Å²) >= 11 is 6.46. The first kappa shape index (κ1) is 23.7. The van der Waals surface area contributed by atoms with Crippen LogP contribution >= 0.6 is 11.6 Å². The van der Waals surface area contributed by atoms with Crippen molar-refractivity contribution < 1.29 is 9.13 Å². The van der Waals surface area contributed by atoms with E-state index in [2.05, 4.69) is 27.0 Å². The Morgan fingerprint density at radius 2 is 1.97 bits per heavy atom. The van der Waals surface area contributed by atoms with Gasteiger partial charge in [0.15, 0.2) is 0 Å². The highest BCUT2D eigenvalue weighted by Crippen LogP contribution is 2.45. The molecule has 2 fully saturated rings. The van der Waals surface area contributed by atoms with Gasteiger partial charge in [-0.3, -0.25) is 0 Å². The smallest absolute Gasteiger partial charge is 0.146 e. The standard InChI is InChI=1S/C25H31ClFN5O/c1-33-11-10-29-18-3-5-19(6-4-18)32-24-13-20(21(26)14-30-24)17-2-7-22(27)23(12-17)31-16-25(15-28)8-9-25/h2,7,12-14,18-19,29,31H,3-6,8-11,16H2,1H3,(H,30,32). The van der Waals surface area contributed by atoms with E-state index in [0.29, 0.717) is 29.3 Å².